The van der Waals surface area contributed by atoms with Gasteiger partial charge in [0.25, 0.3) is 0 Å². The van der Waals surface area contributed by atoms with Crippen LogP contribution in [0.4, 0.5) is 0 Å². The quantitative estimate of drug-likeness (QED) is 0.479. The van der Waals surface area contributed by atoms with Crippen molar-refractivity contribution in [1.82, 2.24) is 0 Å². The molecular formula is C5H8N2O2. The van der Waals surface area contributed by atoms with Crippen molar-refractivity contribution in [3.63, 3.8) is 0 Å². The second kappa shape index (κ2) is 2.57. The van der Waals surface area contributed by atoms with Gasteiger partial charge in [-0.05, 0) is 0 Å². The molecule has 0 bridgehead atoms. The van der Waals surface area contributed by atoms with E-state index >= 15 is 0 Å². The molecule has 50 valence electrons. The van der Waals surface area contributed by atoms with Crippen LogP contribution in [0.5, 0.6) is 0 Å². The number of esters is 1. The predicted molar refractivity (Wildman–Crippen MR) is 30.1 cm³/mol. The fourth-order valence-corrected chi connectivity index (χ4v) is 0.695. The first-order valence-corrected chi connectivity index (χ1v) is 2.79. The van der Waals surface area contributed by atoms with Crippen LogP contribution in [-0.2, 0) is 9.53 Å². The molecule has 4 nitrogen and oxygen atoms in total. The van der Waals surface area contributed by atoms with E-state index in [4.69, 9.17) is 0 Å². The monoisotopic (exact) mass is 128 g/mol. The van der Waals surface area contributed by atoms with Gasteiger partial charge < -0.3 is 4.74 Å². The molecule has 0 spiro atoms. The summed E-state index contributed by atoms with van der Waals surface area (Å²) in [6.45, 7) is 0.653. The lowest BCUT2D eigenvalue weighted by atomic mass is 10.2. The Labute approximate surface area is 52.9 Å². The Bertz CT molecular complexity index is 144. The fraction of sp³-hybridized carbons (Fsp3) is 0.800. The standard InChI is InChI=1S/C5H8N2O2/c1-9-5(8)4-2-3-6-7-4/h4H,2-3H2,1H3/t4-/m1/s1. The number of hydrogen-bond donors (Lipinski definition) is 0. The van der Waals surface area contributed by atoms with Crippen LogP contribution in [0.25, 0.3) is 0 Å². The highest BCUT2D eigenvalue weighted by Crippen LogP contribution is 2.08. The number of rotatable bonds is 1. The van der Waals surface area contributed by atoms with E-state index in [0.29, 0.717) is 13.0 Å². The van der Waals surface area contributed by atoms with E-state index in [1.54, 1.807) is 0 Å². The summed E-state index contributed by atoms with van der Waals surface area (Å²) >= 11 is 0. The van der Waals surface area contributed by atoms with Crippen LogP contribution in [0.2, 0.25) is 0 Å². The number of azo groups is 1. The molecule has 0 aromatic heterocycles. The lowest BCUT2D eigenvalue weighted by Crippen LogP contribution is -2.17. The minimum atomic E-state index is -0.324. The molecule has 0 saturated carbocycles. The van der Waals surface area contributed by atoms with E-state index in [1.807, 2.05) is 0 Å². The first-order chi connectivity index (χ1) is 4.34. The van der Waals surface area contributed by atoms with Crippen LogP contribution in [-0.4, -0.2) is 25.7 Å². The summed E-state index contributed by atoms with van der Waals surface area (Å²) in [5.74, 6) is -0.281. The zero-order valence-electron chi connectivity index (χ0n) is 5.20. The second-order valence-corrected chi connectivity index (χ2v) is 1.81. The van der Waals surface area contributed by atoms with Gasteiger partial charge >= 0.3 is 5.97 Å². The minimum absolute atomic E-state index is 0.281. The van der Waals surface area contributed by atoms with Crippen LogP contribution in [0.3, 0.4) is 0 Å². The van der Waals surface area contributed by atoms with Crippen molar-refractivity contribution in [2.75, 3.05) is 13.7 Å². The SMILES string of the molecule is COC(=O)[C@H]1CCN=N1. The third kappa shape index (κ3) is 1.25. The van der Waals surface area contributed by atoms with Gasteiger partial charge in [-0.3, -0.25) is 0 Å². The molecule has 0 aliphatic carbocycles. The molecular weight excluding hydrogens is 120 g/mol. The Hall–Kier alpha value is -0.930. The maximum Gasteiger partial charge on any atom is 0.332 e. The molecule has 1 rings (SSSR count). The highest BCUT2D eigenvalue weighted by molar-refractivity contribution is 5.75. The summed E-state index contributed by atoms with van der Waals surface area (Å²) in [7, 11) is 1.36. The van der Waals surface area contributed by atoms with Crippen molar-refractivity contribution in [2.24, 2.45) is 10.2 Å². The highest BCUT2D eigenvalue weighted by atomic mass is 16.5. The Kier molecular flexibility index (Phi) is 1.77. The molecule has 1 atom stereocenters. The zero-order chi connectivity index (χ0) is 6.69. The smallest absolute Gasteiger partial charge is 0.332 e. The van der Waals surface area contributed by atoms with Crippen LogP contribution in [0.15, 0.2) is 10.2 Å². The maximum atomic E-state index is 10.6. The second-order valence-electron chi connectivity index (χ2n) is 1.81. The topological polar surface area (TPSA) is 51.0 Å². The first-order valence-electron chi connectivity index (χ1n) is 2.79. The Morgan fingerprint density at radius 2 is 2.56 bits per heavy atom. The largest absolute Gasteiger partial charge is 0.467 e. The number of methoxy groups -OCH3 is 1. The average Bonchev–Trinajstić information content (AvgIpc) is 2.37. The molecule has 0 fully saturated rings. The molecule has 4 heteroatoms. The van der Waals surface area contributed by atoms with Crippen LogP contribution >= 0.6 is 0 Å². The van der Waals surface area contributed by atoms with Crippen molar-refractivity contribution in [3.8, 4) is 0 Å². The molecule has 1 aliphatic heterocycles. The van der Waals surface area contributed by atoms with Gasteiger partial charge in [-0.15, -0.1) is 0 Å². The highest BCUT2D eigenvalue weighted by Gasteiger charge is 2.20. The molecule has 1 heterocycles. The van der Waals surface area contributed by atoms with Gasteiger partial charge in [0.2, 0.25) is 0 Å². The van der Waals surface area contributed by atoms with Gasteiger partial charge in [0.1, 0.15) is 0 Å². The third-order valence-corrected chi connectivity index (χ3v) is 1.20. The number of carbonyl (C=O) groups is 1. The number of carbonyl (C=O) groups excluding carboxylic acids is 1. The van der Waals surface area contributed by atoms with E-state index < -0.39 is 0 Å². The van der Waals surface area contributed by atoms with E-state index in [2.05, 4.69) is 15.0 Å². The molecule has 0 N–H and O–H groups in total. The molecule has 0 amide bonds. The van der Waals surface area contributed by atoms with Crippen molar-refractivity contribution in [1.29, 1.82) is 0 Å². The molecule has 9 heavy (non-hydrogen) atoms. The molecule has 0 unspecified atom stereocenters. The van der Waals surface area contributed by atoms with Crippen LogP contribution < -0.4 is 0 Å². The van der Waals surface area contributed by atoms with Crippen molar-refractivity contribution in [2.45, 2.75) is 12.5 Å². The van der Waals surface area contributed by atoms with Crippen molar-refractivity contribution < 1.29 is 9.53 Å². The number of ether oxygens (including phenoxy) is 1. The third-order valence-electron chi connectivity index (χ3n) is 1.20. The van der Waals surface area contributed by atoms with E-state index in [1.165, 1.54) is 7.11 Å². The van der Waals surface area contributed by atoms with E-state index in [9.17, 15) is 4.79 Å². The Morgan fingerprint density at radius 1 is 1.78 bits per heavy atom. The lowest BCUT2D eigenvalue weighted by Gasteiger charge is -1.99. The Morgan fingerprint density at radius 3 is 3.00 bits per heavy atom. The lowest BCUT2D eigenvalue weighted by molar-refractivity contribution is -0.141. The average molecular weight is 128 g/mol. The van der Waals surface area contributed by atoms with Gasteiger partial charge in [0.05, 0.1) is 13.7 Å². The van der Waals surface area contributed by atoms with Gasteiger partial charge in [-0.1, -0.05) is 0 Å². The van der Waals surface area contributed by atoms with Crippen molar-refractivity contribution >= 4 is 5.97 Å². The first kappa shape index (κ1) is 6.19. The predicted octanol–water partition coefficient (Wildman–Crippen LogP) is 0.384. The summed E-state index contributed by atoms with van der Waals surface area (Å²) in [4.78, 5) is 10.6. The zero-order valence-corrected chi connectivity index (χ0v) is 5.20. The summed E-state index contributed by atoms with van der Waals surface area (Å²) in [5.41, 5.74) is 0. The number of hydrogen-bond acceptors (Lipinski definition) is 4. The summed E-state index contributed by atoms with van der Waals surface area (Å²) in [6, 6.07) is -0.324. The normalized spacial score (nSPS) is 24.3. The summed E-state index contributed by atoms with van der Waals surface area (Å²) in [5, 5.41) is 7.31. The maximum absolute atomic E-state index is 10.6. The molecule has 0 aromatic rings. The molecule has 0 radical (unpaired) electrons. The fourth-order valence-electron chi connectivity index (χ4n) is 0.695. The summed E-state index contributed by atoms with van der Waals surface area (Å²) < 4.78 is 4.44. The van der Waals surface area contributed by atoms with E-state index in [0.717, 1.165) is 0 Å². The van der Waals surface area contributed by atoms with E-state index in [-0.39, 0.29) is 12.0 Å². The molecule has 0 saturated heterocycles. The van der Waals surface area contributed by atoms with Gasteiger partial charge in [0.15, 0.2) is 6.04 Å². The minimum Gasteiger partial charge on any atom is -0.467 e. The number of nitrogens with zero attached hydrogens (tertiary/aromatic N) is 2. The van der Waals surface area contributed by atoms with Gasteiger partial charge in [0, 0.05) is 6.42 Å². The van der Waals surface area contributed by atoms with Gasteiger partial charge in [-0.25, -0.2) is 4.79 Å². The molecule has 0 aromatic carbocycles. The van der Waals surface area contributed by atoms with Crippen LogP contribution in [0.1, 0.15) is 6.42 Å². The van der Waals surface area contributed by atoms with Crippen LogP contribution in [0, 0.1) is 0 Å². The van der Waals surface area contributed by atoms with Gasteiger partial charge in [-0.2, -0.15) is 10.2 Å². The summed E-state index contributed by atoms with van der Waals surface area (Å²) in [6.07, 6.45) is 0.701. The van der Waals surface area contributed by atoms with Crippen molar-refractivity contribution in [3.05, 3.63) is 0 Å². The molecule has 1 aliphatic rings. The Balaban J connectivity index is 2.43.